The zero-order valence-electron chi connectivity index (χ0n) is 39.5. The van der Waals surface area contributed by atoms with Crippen molar-refractivity contribution in [3.05, 3.63) is 153 Å². The Morgan fingerprint density at radius 2 is 0.886 bits per heavy atom. The van der Waals surface area contributed by atoms with Crippen LogP contribution in [0.2, 0.25) is 0 Å². The van der Waals surface area contributed by atoms with Crippen molar-refractivity contribution in [2.45, 2.75) is 91.6 Å². The quantitative estimate of drug-likeness (QED) is 0.121. The Kier molecular flexibility index (Phi) is 18.0. The molecular weight excluding hydrogens is 974 g/mol. The van der Waals surface area contributed by atoms with Crippen molar-refractivity contribution in [1.29, 1.82) is 0 Å². The van der Waals surface area contributed by atoms with Crippen molar-refractivity contribution < 1.29 is 13.6 Å². The van der Waals surface area contributed by atoms with Crippen molar-refractivity contribution in [3.63, 3.8) is 0 Å². The molecule has 0 atom stereocenters. The number of nitrogens with one attached hydrogen (secondary N) is 1. The molecule has 0 unspecified atom stereocenters. The van der Waals surface area contributed by atoms with Crippen molar-refractivity contribution in [1.82, 2.24) is 73.2 Å². The Balaban J connectivity index is 0.000000160. The van der Waals surface area contributed by atoms with Crippen LogP contribution in [-0.2, 0) is 53.5 Å². The highest BCUT2D eigenvalue weighted by atomic mass is 79.9. The van der Waals surface area contributed by atoms with E-state index in [2.05, 4.69) is 66.3 Å². The summed E-state index contributed by atoms with van der Waals surface area (Å²) in [5.41, 5.74) is 1.34. The molecule has 0 saturated carbocycles. The third kappa shape index (κ3) is 13.0. The fraction of sp³-hybridized carbons (Fsp3) is 0.400. The molecular formula is C45H52BrN15O9. The van der Waals surface area contributed by atoms with E-state index in [1.165, 1.54) is 80.3 Å². The summed E-state index contributed by atoms with van der Waals surface area (Å²) in [6, 6.07) is 5.77. The highest BCUT2D eigenvalue weighted by molar-refractivity contribution is 9.09. The van der Waals surface area contributed by atoms with E-state index in [-0.39, 0.29) is 22.5 Å². The van der Waals surface area contributed by atoms with E-state index in [9.17, 15) is 28.8 Å². The number of aryl methyl sites for hydroxylation is 9. The third-order valence-corrected chi connectivity index (χ3v) is 11.3. The summed E-state index contributed by atoms with van der Waals surface area (Å²) < 4.78 is 21.8. The molecule has 24 nitrogen and oxygen atoms in total. The van der Waals surface area contributed by atoms with Gasteiger partial charge in [0, 0.05) is 95.6 Å². The number of halogens is 1. The number of aromatic nitrogens is 15. The molecule has 25 heteroatoms. The minimum absolute atomic E-state index is 0.310. The standard InChI is InChI=1S/2C15H17N5O3.C8H12BrNO.C7H6N4O2/c2*1-10-7-11(23-18-10)5-3-4-6-20-14(21)12-8-16-9-17-13(12)19(2)15(20)22;1-7-6-8(11-10-7)4-2-3-5-9;1-11-5-4(2-8-3-9-5)6(12)10-7(11)13/h2*7-9H,3-6H2,1-2H3;6H,2-5H2,1H3;2-3H,1H3,(H,10,12,13). The molecule has 9 heterocycles. The van der Waals surface area contributed by atoms with Gasteiger partial charge in [-0.1, -0.05) is 31.4 Å². The highest BCUT2D eigenvalue weighted by Gasteiger charge is 2.14. The molecule has 70 heavy (non-hydrogen) atoms. The first-order chi connectivity index (χ1) is 33.7. The van der Waals surface area contributed by atoms with Crippen LogP contribution in [0.15, 0.2) is 98.1 Å². The summed E-state index contributed by atoms with van der Waals surface area (Å²) in [7, 11) is 4.74. The number of hydrogen-bond donors (Lipinski definition) is 1. The predicted molar refractivity (Wildman–Crippen MR) is 260 cm³/mol. The summed E-state index contributed by atoms with van der Waals surface area (Å²) in [5, 5.41) is 13.5. The van der Waals surface area contributed by atoms with Gasteiger partial charge in [-0.3, -0.25) is 42.2 Å². The minimum Gasteiger partial charge on any atom is -0.361 e. The SMILES string of the molecule is Cc1cc(CCCCBr)on1.Cc1cc(CCCCn2c(=O)c3cncnc3n(C)c2=O)on1.Cc1cc(CCCCn2c(=O)c3cncnc3n(C)c2=O)on1.Cn1c(=O)[nH]c(=O)c2cncnc21. The number of rotatable bonds is 14. The summed E-state index contributed by atoms with van der Waals surface area (Å²) in [6.45, 7) is 6.38. The zero-order chi connectivity index (χ0) is 50.3. The van der Waals surface area contributed by atoms with Gasteiger partial charge < -0.3 is 13.6 Å². The van der Waals surface area contributed by atoms with Crippen LogP contribution >= 0.6 is 15.9 Å². The van der Waals surface area contributed by atoms with Gasteiger partial charge in [0.05, 0.1) is 17.1 Å². The Hall–Kier alpha value is -7.83. The number of nitrogens with zero attached hydrogens (tertiary/aromatic N) is 14. The number of H-pyrrole nitrogens is 1. The number of unbranched alkanes of at least 4 members (excludes halogenated alkanes) is 3. The van der Waals surface area contributed by atoms with Gasteiger partial charge in [-0.25, -0.2) is 44.3 Å². The first kappa shape index (κ1) is 51.6. The first-order valence-electron chi connectivity index (χ1n) is 22.2. The second-order valence-corrected chi connectivity index (χ2v) is 16.9. The molecule has 1 N–H and O–H groups in total. The number of hydrogen-bond acceptors (Lipinski definition) is 18. The van der Waals surface area contributed by atoms with Crippen molar-refractivity contribution in [2.24, 2.45) is 21.1 Å². The molecule has 368 valence electrons. The number of aromatic amines is 1. The molecule has 0 aliphatic heterocycles. The van der Waals surface area contributed by atoms with Gasteiger partial charge in [-0.15, -0.1) is 0 Å². The van der Waals surface area contributed by atoms with E-state index in [0.29, 0.717) is 59.0 Å². The maximum absolute atomic E-state index is 12.4. The van der Waals surface area contributed by atoms with Gasteiger partial charge in [0.25, 0.3) is 16.7 Å². The van der Waals surface area contributed by atoms with E-state index in [1.54, 1.807) is 14.1 Å². The first-order valence-corrected chi connectivity index (χ1v) is 23.3. The van der Waals surface area contributed by atoms with Crippen LogP contribution in [-0.4, -0.2) is 78.5 Å². The Morgan fingerprint density at radius 3 is 1.26 bits per heavy atom. The average molecular weight is 1030 g/mol. The lowest BCUT2D eigenvalue weighted by atomic mass is 10.2. The topological polar surface area (TPSA) is 298 Å². The van der Waals surface area contributed by atoms with Crippen molar-refractivity contribution in [2.75, 3.05) is 5.33 Å². The second-order valence-electron chi connectivity index (χ2n) is 16.1. The number of fused-ring (bicyclic) bond motifs is 3. The van der Waals surface area contributed by atoms with Gasteiger partial charge in [0.1, 0.15) is 52.4 Å². The van der Waals surface area contributed by atoms with Crippen molar-refractivity contribution >= 4 is 49.0 Å². The maximum atomic E-state index is 12.4. The smallest absolute Gasteiger partial charge is 0.332 e. The van der Waals surface area contributed by atoms with Crippen LogP contribution in [0.4, 0.5) is 0 Å². The molecule has 0 aliphatic carbocycles. The molecule has 0 saturated heterocycles. The summed E-state index contributed by atoms with van der Waals surface area (Å²) in [6.07, 6.45) is 16.0. The Morgan fingerprint density at radius 1 is 0.514 bits per heavy atom. The predicted octanol–water partition coefficient (Wildman–Crippen LogP) is 3.34. The van der Waals surface area contributed by atoms with Crippen LogP contribution in [0.5, 0.6) is 0 Å². The normalized spacial score (nSPS) is 11.0. The number of alkyl halides is 1. The largest absolute Gasteiger partial charge is 0.361 e. The lowest BCUT2D eigenvalue weighted by Gasteiger charge is -2.09. The fourth-order valence-corrected chi connectivity index (χ4v) is 7.51. The zero-order valence-corrected chi connectivity index (χ0v) is 41.1. The molecule has 0 spiro atoms. The molecule has 9 rings (SSSR count). The average Bonchev–Trinajstić information content (AvgIpc) is 4.12. The Bertz CT molecular complexity index is 3410. The summed E-state index contributed by atoms with van der Waals surface area (Å²) in [5.74, 6) is 2.63. The van der Waals surface area contributed by atoms with E-state index >= 15 is 0 Å². The van der Waals surface area contributed by atoms with Gasteiger partial charge >= 0.3 is 17.1 Å². The lowest BCUT2D eigenvalue weighted by molar-refractivity contribution is 0.374. The molecule has 0 bridgehead atoms. The lowest BCUT2D eigenvalue weighted by Crippen LogP contribution is -2.39. The van der Waals surface area contributed by atoms with E-state index < -0.39 is 11.2 Å². The van der Waals surface area contributed by atoms with Crippen LogP contribution in [0.25, 0.3) is 33.1 Å². The molecule has 9 aromatic heterocycles. The van der Waals surface area contributed by atoms with Gasteiger partial charge in [0.2, 0.25) is 0 Å². The van der Waals surface area contributed by atoms with E-state index in [4.69, 9.17) is 13.6 Å². The maximum Gasteiger partial charge on any atom is 0.332 e. The molecule has 0 radical (unpaired) electrons. The Labute approximate surface area is 405 Å². The van der Waals surface area contributed by atoms with Gasteiger partial charge in [-0.2, -0.15) is 0 Å². The second kappa shape index (κ2) is 24.5. The molecule has 0 aliphatic rings. The summed E-state index contributed by atoms with van der Waals surface area (Å²) >= 11 is 3.38. The molecule has 0 fully saturated rings. The fourth-order valence-electron chi connectivity index (χ4n) is 7.11. The highest BCUT2D eigenvalue weighted by Crippen LogP contribution is 2.10. The van der Waals surface area contributed by atoms with Crippen molar-refractivity contribution in [3.8, 4) is 0 Å². The van der Waals surface area contributed by atoms with Crippen LogP contribution in [0.1, 0.15) is 72.9 Å². The molecule has 0 amide bonds. The van der Waals surface area contributed by atoms with Crippen LogP contribution < -0.4 is 33.7 Å². The molecule has 9 aromatic rings. The third-order valence-electron chi connectivity index (χ3n) is 10.7. The summed E-state index contributed by atoms with van der Waals surface area (Å²) in [4.78, 5) is 97.2. The monoisotopic (exact) mass is 1030 g/mol. The van der Waals surface area contributed by atoms with E-state index in [0.717, 1.165) is 71.8 Å². The molecule has 0 aromatic carbocycles. The minimum atomic E-state index is -0.476. The van der Waals surface area contributed by atoms with Crippen LogP contribution in [0, 0.1) is 20.8 Å². The van der Waals surface area contributed by atoms with Gasteiger partial charge in [0.15, 0.2) is 16.9 Å². The van der Waals surface area contributed by atoms with Crippen LogP contribution in [0.3, 0.4) is 0 Å². The van der Waals surface area contributed by atoms with E-state index in [1.807, 2.05) is 39.0 Å². The van der Waals surface area contributed by atoms with Gasteiger partial charge in [-0.05, 0) is 59.3 Å².